The molecule has 0 atom stereocenters. The summed E-state index contributed by atoms with van der Waals surface area (Å²) in [5, 5.41) is 1.58. The number of nitrogens with zero attached hydrogens (tertiary/aromatic N) is 4. The Morgan fingerprint density at radius 3 is 2.25 bits per heavy atom. The van der Waals surface area contributed by atoms with Gasteiger partial charge in [0.15, 0.2) is 11.2 Å². The van der Waals surface area contributed by atoms with Gasteiger partial charge >= 0.3 is 11.7 Å². The van der Waals surface area contributed by atoms with Crippen LogP contribution in [0.2, 0.25) is 15.1 Å². The topological polar surface area (TPSA) is 71.1 Å². The predicted octanol–water partition coefficient (Wildman–Crippen LogP) is 4.85. The minimum Gasteiger partial charge on any atom is -0.425 e. The van der Waals surface area contributed by atoms with Gasteiger partial charge in [0.05, 0.1) is 6.54 Å². The van der Waals surface area contributed by atoms with E-state index in [9.17, 15) is 9.59 Å². The van der Waals surface area contributed by atoms with Crippen molar-refractivity contribution in [1.82, 2.24) is 18.7 Å². The van der Waals surface area contributed by atoms with E-state index in [1.807, 2.05) is 13.8 Å². The summed E-state index contributed by atoms with van der Waals surface area (Å²) in [7, 11) is 2.97. The summed E-state index contributed by atoms with van der Waals surface area (Å²) in [6.45, 7) is 3.93. The molecule has 0 spiro atoms. The highest BCUT2D eigenvalue weighted by Crippen LogP contribution is 2.31. The summed E-state index contributed by atoms with van der Waals surface area (Å²) in [4.78, 5) is 30.0. The zero-order chi connectivity index (χ0) is 23.3. The molecule has 166 valence electrons. The van der Waals surface area contributed by atoms with E-state index in [0.717, 1.165) is 15.7 Å². The number of aromatic nitrogens is 4. The molecule has 0 aliphatic rings. The van der Waals surface area contributed by atoms with Crippen molar-refractivity contribution < 1.29 is 4.74 Å². The number of rotatable bonds is 4. The second-order valence-electron chi connectivity index (χ2n) is 7.57. The van der Waals surface area contributed by atoms with E-state index >= 15 is 0 Å². The molecule has 2 aromatic carbocycles. The second-order valence-corrected chi connectivity index (χ2v) is 8.79. The minimum absolute atomic E-state index is 0.144. The average molecular weight is 494 g/mol. The lowest BCUT2D eigenvalue weighted by Gasteiger charge is -2.13. The highest BCUT2D eigenvalue weighted by atomic mass is 35.5. The number of hydrogen-bond donors (Lipinski definition) is 0. The molecule has 7 nitrogen and oxygen atoms in total. The monoisotopic (exact) mass is 492 g/mol. The lowest BCUT2D eigenvalue weighted by atomic mass is 10.1. The zero-order valence-corrected chi connectivity index (χ0v) is 20.0. The van der Waals surface area contributed by atoms with Crippen LogP contribution in [0.1, 0.15) is 16.7 Å². The molecule has 0 fully saturated rings. The van der Waals surface area contributed by atoms with Crippen LogP contribution < -0.4 is 16.0 Å². The van der Waals surface area contributed by atoms with Crippen molar-refractivity contribution in [3.05, 3.63) is 82.9 Å². The number of benzene rings is 2. The molecule has 0 saturated carbocycles. The molecule has 0 bridgehead atoms. The van der Waals surface area contributed by atoms with Crippen molar-refractivity contribution in [2.45, 2.75) is 20.4 Å². The fourth-order valence-corrected chi connectivity index (χ4v) is 4.12. The number of ether oxygens (including phenoxy) is 1. The molecule has 4 rings (SSSR count). The van der Waals surface area contributed by atoms with Crippen LogP contribution in [0.3, 0.4) is 0 Å². The van der Waals surface area contributed by atoms with Crippen molar-refractivity contribution >= 4 is 46.0 Å². The van der Waals surface area contributed by atoms with Crippen LogP contribution in [-0.4, -0.2) is 18.7 Å². The summed E-state index contributed by atoms with van der Waals surface area (Å²) in [5.41, 5.74) is 1.85. The van der Waals surface area contributed by atoms with Crippen molar-refractivity contribution in [2.75, 3.05) is 0 Å². The zero-order valence-electron chi connectivity index (χ0n) is 17.7. The van der Waals surface area contributed by atoms with E-state index in [1.165, 1.54) is 11.6 Å². The van der Waals surface area contributed by atoms with Gasteiger partial charge in [-0.15, -0.1) is 0 Å². The highest BCUT2D eigenvalue weighted by molar-refractivity contribution is 6.35. The first-order valence-electron chi connectivity index (χ1n) is 9.63. The summed E-state index contributed by atoms with van der Waals surface area (Å²) in [6, 6.07) is 8.81. The van der Waals surface area contributed by atoms with Crippen LogP contribution in [0.4, 0.5) is 0 Å². The summed E-state index contributed by atoms with van der Waals surface area (Å²) >= 11 is 18.7. The van der Waals surface area contributed by atoms with E-state index in [-0.39, 0.29) is 23.7 Å². The molecule has 0 aliphatic carbocycles. The molecule has 0 unspecified atom stereocenters. The van der Waals surface area contributed by atoms with E-state index in [1.54, 1.807) is 41.9 Å². The van der Waals surface area contributed by atoms with E-state index in [2.05, 4.69) is 4.98 Å². The largest absolute Gasteiger partial charge is 0.425 e. The van der Waals surface area contributed by atoms with Crippen LogP contribution >= 0.6 is 34.8 Å². The minimum atomic E-state index is -0.487. The average Bonchev–Trinajstić information content (AvgIpc) is 3.09. The van der Waals surface area contributed by atoms with Gasteiger partial charge in [-0.25, -0.2) is 4.79 Å². The Kier molecular flexibility index (Phi) is 5.83. The second kappa shape index (κ2) is 8.31. The third kappa shape index (κ3) is 3.81. The van der Waals surface area contributed by atoms with Crippen LogP contribution in [0, 0.1) is 13.8 Å². The van der Waals surface area contributed by atoms with Gasteiger partial charge < -0.3 is 4.74 Å². The summed E-state index contributed by atoms with van der Waals surface area (Å²) < 4.78 is 10.0. The van der Waals surface area contributed by atoms with E-state index < -0.39 is 11.2 Å². The quantitative estimate of drug-likeness (QED) is 0.407. The Morgan fingerprint density at radius 1 is 0.969 bits per heavy atom. The fraction of sp³-hybridized carbons (Fsp3) is 0.227. The molecule has 2 aromatic heterocycles. The Morgan fingerprint density at radius 2 is 1.62 bits per heavy atom. The van der Waals surface area contributed by atoms with Crippen LogP contribution in [0.5, 0.6) is 11.8 Å². The van der Waals surface area contributed by atoms with Crippen LogP contribution in [0.25, 0.3) is 11.2 Å². The number of imidazole rings is 1. The van der Waals surface area contributed by atoms with Gasteiger partial charge in [0.1, 0.15) is 5.75 Å². The first-order chi connectivity index (χ1) is 15.1. The fourth-order valence-electron chi connectivity index (χ4n) is 3.54. The maximum absolute atomic E-state index is 13.0. The summed E-state index contributed by atoms with van der Waals surface area (Å²) in [6.07, 6.45) is 0. The molecule has 0 N–H and O–H groups in total. The lowest BCUT2D eigenvalue weighted by molar-refractivity contribution is 0.420. The Bertz CT molecular complexity index is 1480. The molecule has 0 saturated heterocycles. The SMILES string of the molecule is Cc1cc(Oc2nc3c(c(=O)n(C)c(=O)n3C)n2Cc2ccc(Cl)cc2Cl)cc(C)c1Cl. The third-order valence-corrected chi connectivity index (χ3v) is 6.46. The highest BCUT2D eigenvalue weighted by Gasteiger charge is 2.22. The van der Waals surface area contributed by atoms with Gasteiger partial charge in [-0.3, -0.25) is 18.5 Å². The normalized spacial score (nSPS) is 11.3. The maximum Gasteiger partial charge on any atom is 0.332 e. The molecule has 32 heavy (non-hydrogen) atoms. The standard InChI is InChI=1S/C22H19Cl3N4O3/c1-11-7-15(8-12(2)17(11)25)32-21-26-19-18(20(30)28(4)22(31)27(19)3)29(21)10-13-5-6-14(23)9-16(13)24/h5-9H,10H2,1-4H3. The van der Waals surface area contributed by atoms with Crippen LogP contribution in [-0.2, 0) is 20.6 Å². The van der Waals surface area contributed by atoms with Gasteiger partial charge in [0.2, 0.25) is 0 Å². The van der Waals surface area contributed by atoms with Gasteiger partial charge in [0, 0.05) is 29.2 Å². The van der Waals surface area contributed by atoms with Gasteiger partial charge in [-0.2, -0.15) is 4.98 Å². The van der Waals surface area contributed by atoms with E-state index in [4.69, 9.17) is 39.5 Å². The number of hydrogen-bond acceptors (Lipinski definition) is 4. The molecule has 0 radical (unpaired) electrons. The van der Waals surface area contributed by atoms with Crippen molar-refractivity contribution in [2.24, 2.45) is 14.1 Å². The molecular formula is C22H19Cl3N4O3. The smallest absolute Gasteiger partial charge is 0.332 e. The Balaban J connectivity index is 1.96. The maximum atomic E-state index is 13.0. The molecule has 0 amide bonds. The van der Waals surface area contributed by atoms with E-state index in [0.29, 0.717) is 26.4 Å². The summed E-state index contributed by atoms with van der Waals surface area (Å²) in [5.74, 6) is 0.505. The number of fused-ring (bicyclic) bond motifs is 1. The lowest BCUT2D eigenvalue weighted by Crippen LogP contribution is -2.37. The first kappa shape index (κ1) is 22.5. The Hall–Kier alpha value is -2.74. The number of aryl methyl sites for hydroxylation is 3. The van der Waals surface area contributed by atoms with Gasteiger partial charge in [0.25, 0.3) is 5.56 Å². The number of halogens is 3. The molecule has 0 aliphatic heterocycles. The predicted molar refractivity (Wildman–Crippen MR) is 127 cm³/mol. The van der Waals surface area contributed by atoms with Crippen molar-refractivity contribution in [1.29, 1.82) is 0 Å². The van der Waals surface area contributed by atoms with Crippen LogP contribution in [0.15, 0.2) is 39.9 Å². The first-order valence-corrected chi connectivity index (χ1v) is 10.8. The van der Waals surface area contributed by atoms with Gasteiger partial charge in [-0.1, -0.05) is 40.9 Å². The molecular weight excluding hydrogens is 475 g/mol. The molecule has 2 heterocycles. The van der Waals surface area contributed by atoms with Crippen molar-refractivity contribution in [3.8, 4) is 11.8 Å². The van der Waals surface area contributed by atoms with Gasteiger partial charge in [-0.05, 0) is 54.8 Å². The third-order valence-electron chi connectivity index (χ3n) is 5.28. The van der Waals surface area contributed by atoms with Crippen molar-refractivity contribution in [3.63, 3.8) is 0 Å². The molecule has 4 aromatic rings. The molecule has 10 heteroatoms. The Labute approximate surface area is 198 Å².